The summed E-state index contributed by atoms with van der Waals surface area (Å²) in [5, 5.41) is 33.2. The summed E-state index contributed by atoms with van der Waals surface area (Å²) in [7, 11) is 1.47. The summed E-state index contributed by atoms with van der Waals surface area (Å²) in [5.41, 5.74) is 2.21. The van der Waals surface area contributed by atoms with Crippen molar-refractivity contribution < 1.29 is 38.8 Å². The van der Waals surface area contributed by atoms with Gasteiger partial charge in [-0.25, -0.2) is 0 Å². The maximum Gasteiger partial charge on any atom is 0.247 e. The van der Waals surface area contributed by atoms with Gasteiger partial charge in [-0.3, -0.25) is 9.59 Å². The monoisotopic (exact) mass is 500 g/mol. The van der Waals surface area contributed by atoms with E-state index in [-0.39, 0.29) is 38.1 Å². The summed E-state index contributed by atoms with van der Waals surface area (Å²) in [5.74, 6) is -0.937. The minimum absolute atomic E-state index is 0.0398. The van der Waals surface area contributed by atoms with E-state index in [1.165, 1.54) is 24.5 Å². The molecule has 2 aromatic rings. The lowest BCUT2D eigenvalue weighted by Crippen LogP contribution is -2.56. The molecule has 0 saturated heterocycles. The van der Waals surface area contributed by atoms with Crippen molar-refractivity contribution in [1.29, 1.82) is 0 Å². The number of carbonyl (C=O) groups is 2. The molecule has 1 aliphatic heterocycles. The molecule has 194 valence electrons. The van der Waals surface area contributed by atoms with Gasteiger partial charge in [0.15, 0.2) is 11.5 Å². The van der Waals surface area contributed by atoms with Gasteiger partial charge in [-0.15, -0.1) is 0 Å². The van der Waals surface area contributed by atoms with Crippen molar-refractivity contribution in [2.24, 2.45) is 5.92 Å². The van der Waals surface area contributed by atoms with Crippen LogP contribution in [-0.4, -0.2) is 70.5 Å². The third-order valence-electron chi connectivity index (χ3n) is 6.56. The van der Waals surface area contributed by atoms with Gasteiger partial charge in [-0.2, -0.15) is 0 Å². The van der Waals surface area contributed by atoms with Crippen molar-refractivity contribution in [3.05, 3.63) is 59.1 Å². The molecular weight excluding hydrogens is 468 g/mol. The Bertz CT molecular complexity index is 1130. The van der Waals surface area contributed by atoms with Crippen LogP contribution in [-0.2, 0) is 22.7 Å². The van der Waals surface area contributed by atoms with Gasteiger partial charge in [0.05, 0.1) is 44.8 Å². The highest BCUT2D eigenvalue weighted by atomic mass is 16.5. The molecule has 1 aromatic carbocycles. The average Bonchev–Trinajstić information content (AvgIpc) is 3.53. The van der Waals surface area contributed by atoms with E-state index < -0.39 is 30.1 Å². The highest BCUT2D eigenvalue weighted by Crippen LogP contribution is 2.51. The number of amides is 2. The van der Waals surface area contributed by atoms with E-state index in [0.29, 0.717) is 28.2 Å². The van der Waals surface area contributed by atoms with Crippen LogP contribution in [0.25, 0.3) is 0 Å². The summed E-state index contributed by atoms with van der Waals surface area (Å²) >= 11 is 0. The highest BCUT2D eigenvalue weighted by Gasteiger charge is 2.51. The van der Waals surface area contributed by atoms with Gasteiger partial charge < -0.3 is 39.4 Å². The Morgan fingerprint density at radius 3 is 2.61 bits per heavy atom. The zero-order chi connectivity index (χ0) is 26.0. The molecule has 4 N–H and O–H groups in total. The number of aliphatic hydroxyl groups excluding tert-OH is 3. The van der Waals surface area contributed by atoms with Gasteiger partial charge in [0.2, 0.25) is 11.8 Å². The van der Waals surface area contributed by atoms with Gasteiger partial charge in [0, 0.05) is 35.7 Å². The van der Waals surface area contributed by atoms with Crippen molar-refractivity contribution in [1.82, 2.24) is 10.2 Å². The predicted molar refractivity (Wildman–Crippen MR) is 128 cm³/mol. The second-order valence-electron chi connectivity index (χ2n) is 9.27. The summed E-state index contributed by atoms with van der Waals surface area (Å²) in [4.78, 5) is 28.1. The van der Waals surface area contributed by atoms with Gasteiger partial charge in [-0.05, 0) is 29.8 Å². The van der Waals surface area contributed by atoms with Crippen LogP contribution in [0.2, 0.25) is 0 Å². The van der Waals surface area contributed by atoms with Crippen molar-refractivity contribution in [2.45, 2.75) is 51.2 Å². The van der Waals surface area contributed by atoms with Crippen LogP contribution in [0.1, 0.15) is 36.5 Å². The van der Waals surface area contributed by atoms with Gasteiger partial charge >= 0.3 is 0 Å². The molecule has 10 heteroatoms. The molecule has 0 unspecified atom stereocenters. The topological polar surface area (TPSA) is 142 Å². The lowest BCUT2D eigenvalue weighted by Gasteiger charge is -2.41. The number of aliphatic hydroxyl groups is 3. The maximum absolute atomic E-state index is 13.3. The zero-order valence-electron chi connectivity index (χ0n) is 20.5. The molecule has 2 aliphatic rings. The van der Waals surface area contributed by atoms with E-state index in [9.17, 15) is 24.9 Å². The number of hydrogen-bond acceptors (Lipinski definition) is 8. The van der Waals surface area contributed by atoms with Crippen LogP contribution in [0.3, 0.4) is 0 Å². The van der Waals surface area contributed by atoms with Crippen LogP contribution in [0, 0.1) is 5.92 Å². The van der Waals surface area contributed by atoms with E-state index in [4.69, 9.17) is 13.9 Å². The molecule has 1 aliphatic carbocycles. The molecule has 2 heterocycles. The number of carbonyl (C=O) groups excluding carboxylic acids is 2. The van der Waals surface area contributed by atoms with Crippen LogP contribution in [0.4, 0.5) is 0 Å². The first-order valence-electron chi connectivity index (χ1n) is 11.9. The van der Waals surface area contributed by atoms with Crippen molar-refractivity contribution in [3.63, 3.8) is 0 Å². The predicted octanol–water partition coefficient (Wildman–Crippen LogP) is 1.09. The summed E-state index contributed by atoms with van der Waals surface area (Å²) in [6, 6.07) is 4.23. The molecule has 0 fully saturated rings. The van der Waals surface area contributed by atoms with Gasteiger partial charge in [0.25, 0.3) is 0 Å². The fraction of sp³-hybridized carbons (Fsp3) is 0.462. The van der Waals surface area contributed by atoms with Crippen molar-refractivity contribution in [3.8, 4) is 11.5 Å². The van der Waals surface area contributed by atoms with E-state index in [1.807, 2.05) is 0 Å². The molecular formula is C26H32N2O8. The molecule has 0 radical (unpaired) electrons. The van der Waals surface area contributed by atoms with Crippen LogP contribution < -0.4 is 14.8 Å². The number of benzene rings is 1. The first-order chi connectivity index (χ1) is 17.3. The molecule has 1 aromatic heterocycles. The average molecular weight is 501 g/mol. The summed E-state index contributed by atoms with van der Waals surface area (Å²) < 4.78 is 16.8. The zero-order valence-corrected chi connectivity index (χ0v) is 20.5. The number of hydrogen-bond donors (Lipinski definition) is 4. The Balaban J connectivity index is 1.82. The Morgan fingerprint density at radius 1 is 1.22 bits per heavy atom. The number of nitrogens with one attached hydrogen (secondary N) is 1. The Morgan fingerprint density at radius 2 is 2.00 bits per heavy atom. The van der Waals surface area contributed by atoms with Crippen LogP contribution >= 0.6 is 0 Å². The fourth-order valence-corrected chi connectivity index (χ4v) is 4.86. The highest BCUT2D eigenvalue weighted by molar-refractivity contribution is 5.96. The maximum atomic E-state index is 13.3. The number of ether oxygens (including phenoxy) is 2. The number of furan rings is 1. The number of methoxy groups -OCH3 is 1. The van der Waals surface area contributed by atoms with E-state index in [1.54, 1.807) is 38.1 Å². The van der Waals surface area contributed by atoms with Crippen LogP contribution in [0.5, 0.6) is 11.5 Å². The Labute approximate surface area is 209 Å². The van der Waals surface area contributed by atoms with E-state index in [0.717, 1.165) is 5.56 Å². The lowest BCUT2D eigenvalue weighted by molar-refractivity contribution is -0.141. The van der Waals surface area contributed by atoms with Gasteiger partial charge in [-0.1, -0.05) is 13.8 Å². The molecule has 4 rings (SSSR count). The first-order valence-corrected chi connectivity index (χ1v) is 11.9. The van der Waals surface area contributed by atoms with Crippen molar-refractivity contribution >= 4 is 11.8 Å². The first kappa shape index (κ1) is 25.7. The minimum atomic E-state index is -1.17. The standard InChI is InChI=1S/C26H32N2O8/c1-14(2)26(33)28(11-15-4-7-35-13-15)19-10-18(25(32)27-5-6-29)21-17-8-16(12-30)9-20(34-3)23(17)36-24(21)22(19)31/h4,7-10,13-14,19,21-22,24,29-31H,5-6,11-12H2,1-3H3,(H,27,32)/t19-,21+,22+,24+/m1/s1. The summed E-state index contributed by atoms with van der Waals surface area (Å²) in [6.07, 6.45) is 2.58. The smallest absolute Gasteiger partial charge is 0.247 e. The molecule has 36 heavy (non-hydrogen) atoms. The van der Waals surface area contributed by atoms with E-state index in [2.05, 4.69) is 5.32 Å². The normalized spacial score (nSPS) is 22.4. The minimum Gasteiger partial charge on any atom is -0.493 e. The summed E-state index contributed by atoms with van der Waals surface area (Å²) in [6.45, 7) is 3.25. The number of nitrogens with zero attached hydrogens (tertiary/aromatic N) is 1. The number of fused-ring (bicyclic) bond motifs is 3. The lowest BCUT2D eigenvalue weighted by atomic mass is 9.77. The third kappa shape index (κ3) is 4.71. The van der Waals surface area contributed by atoms with E-state index >= 15 is 0 Å². The Kier molecular flexibility index (Phi) is 7.67. The molecule has 4 atom stereocenters. The molecule has 10 nitrogen and oxygen atoms in total. The Hall–Kier alpha value is -3.34. The second kappa shape index (κ2) is 10.7. The van der Waals surface area contributed by atoms with Gasteiger partial charge in [0.1, 0.15) is 12.2 Å². The van der Waals surface area contributed by atoms with Crippen LogP contribution in [0.15, 0.2) is 46.8 Å². The molecule has 0 bridgehead atoms. The fourth-order valence-electron chi connectivity index (χ4n) is 4.86. The second-order valence-corrected chi connectivity index (χ2v) is 9.27. The van der Waals surface area contributed by atoms with Crippen molar-refractivity contribution in [2.75, 3.05) is 20.3 Å². The molecule has 0 spiro atoms. The SMILES string of the molecule is COc1cc(CO)cc2c1O[C@@H]1[C@@H](O)[C@H](N(Cc3ccoc3)C(=O)C(C)C)C=C(C(=O)NCCO)[C@H]21. The molecule has 2 amide bonds. The largest absolute Gasteiger partial charge is 0.493 e. The quantitative estimate of drug-likeness (QED) is 0.401. The molecule has 0 saturated carbocycles. The number of rotatable bonds is 9. The third-order valence-corrected chi connectivity index (χ3v) is 6.56.